The number of aliphatic carboxylic acids is 2. The fourth-order valence-corrected chi connectivity index (χ4v) is 4.66. The second-order valence-electron chi connectivity index (χ2n) is 10.8. The number of amides is 3. The molecule has 0 unspecified atom stereocenters. The van der Waals surface area contributed by atoms with Gasteiger partial charge in [0, 0.05) is 29.9 Å². The number of anilines is 3. The van der Waals surface area contributed by atoms with Gasteiger partial charge >= 0.3 is 18.0 Å². The van der Waals surface area contributed by atoms with Crippen molar-refractivity contribution in [3.63, 3.8) is 0 Å². The molecule has 4 aromatic carbocycles. The van der Waals surface area contributed by atoms with Gasteiger partial charge in [0.25, 0.3) is 5.91 Å². The molecule has 0 aliphatic rings. The predicted octanol–water partition coefficient (Wildman–Crippen LogP) is 7.41. The van der Waals surface area contributed by atoms with E-state index < -0.39 is 11.9 Å². The van der Waals surface area contributed by atoms with Crippen LogP contribution in [0.3, 0.4) is 0 Å². The molecule has 5 N–H and O–H groups in total. The van der Waals surface area contributed by atoms with E-state index in [1.165, 1.54) is 14.2 Å². The Morgan fingerprint density at radius 1 is 0.604 bits per heavy atom. The first-order chi connectivity index (χ1) is 23.1. The Balaban J connectivity index is 0.000000261. The molecule has 0 spiro atoms. The first kappa shape index (κ1) is 36.6. The Bertz CT molecular complexity index is 1650. The van der Waals surface area contributed by atoms with Gasteiger partial charge in [-0.25, -0.2) is 4.79 Å². The number of hydrogen-bond acceptors (Lipinski definition) is 6. The van der Waals surface area contributed by atoms with Gasteiger partial charge in [0.1, 0.15) is 17.1 Å². The summed E-state index contributed by atoms with van der Waals surface area (Å²) in [6.07, 6.45) is 2.89. The Morgan fingerprint density at radius 3 is 1.54 bits per heavy atom. The van der Waals surface area contributed by atoms with Crippen LogP contribution in [0, 0.1) is 6.92 Å². The van der Waals surface area contributed by atoms with Gasteiger partial charge in [-0.15, -0.1) is 0 Å². The van der Waals surface area contributed by atoms with E-state index in [-0.39, 0.29) is 24.8 Å². The first-order valence-corrected chi connectivity index (χ1v) is 15.4. The third kappa shape index (κ3) is 12.2. The van der Waals surface area contributed by atoms with E-state index in [0.29, 0.717) is 54.1 Å². The average Bonchev–Trinajstić information content (AvgIpc) is 3.07. The first-order valence-electron chi connectivity index (χ1n) is 15.4. The molecule has 0 atom stereocenters. The van der Waals surface area contributed by atoms with Crippen LogP contribution < -0.4 is 25.4 Å². The molecule has 11 heteroatoms. The Hall–Kier alpha value is -5.84. The number of carbonyl (C=O) groups excluding carboxylic acids is 2. The molecule has 0 saturated heterocycles. The molecule has 0 aliphatic carbocycles. The molecule has 0 aliphatic heterocycles. The molecule has 0 radical (unpaired) electrons. The van der Waals surface area contributed by atoms with Crippen molar-refractivity contribution in [2.45, 2.75) is 45.4 Å². The van der Waals surface area contributed by atoms with Crippen molar-refractivity contribution in [1.29, 1.82) is 0 Å². The number of rotatable bonds is 14. The van der Waals surface area contributed by atoms with E-state index in [9.17, 15) is 19.2 Å². The summed E-state index contributed by atoms with van der Waals surface area (Å²) in [6, 6.07) is 27.2. The minimum Gasteiger partial charge on any atom is -0.496 e. The summed E-state index contributed by atoms with van der Waals surface area (Å²) in [5.41, 5.74) is 5.51. The summed E-state index contributed by atoms with van der Waals surface area (Å²) in [4.78, 5) is 45.6. The molecule has 0 heterocycles. The molecule has 252 valence electrons. The highest BCUT2D eigenvalue weighted by atomic mass is 16.5. The fraction of sp³-hybridized carbons (Fsp3) is 0.243. The highest BCUT2D eigenvalue weighted by Crippen LogP contribution is 2.29. The lowest BCUT2D eigenvalue weighted by Crippen LogP contribution is -2.19. The smallest absolute Gasteiger partial charge is 0.323 e. The maximum atomic E-state index is 12.6. The third-order valence-electron chi connectivity index (χ3n) is 7.18. The molecule has 11 nitrogen and oxygen atoms in total. The summed E-state index contributed by atoms with van der Waals surface area (Å²) in [5, 5.41) is 25.7. The summed E-state index contributed by atoms with van der Waals surface area (Å²) in [7, 11) is 2.99. The summed E-state index contributed by atoms with van der Waals surface area (Å²) >= 11 is 0. The zero-order valence-electron chi connectivity index (χ0n) is 27.2. The van der Waals surface area contributed by atoms with Gasteiger partial charge in [0.15, 0.2) is 0 Å². The zero-order valence-corrected chi connectivity index (χ0v) is 27.2. The second-order valence-corrected chi connectivity index (χ2v) is 10.8. The van der Waals surface area contributed by atoms with Gasteiger partial charge < -0.3 is 35.6 Å². The number of urea groups is 1. The highest BCUT2D eigenvalue weighted by Gasteiger charge is 2.18. The van der Waals surface area contributed by atoms with E-state index in [0.717, 1.165) is 22.4 Å². The van der Waals surface area contributed by atoms with E-state index in [4.69, 9.17) is 19.7 Å². The van der Waals surface area contributed by atoms with Crippen molar-refractivity contribution in [3.8, 4) is 11.5 Å². The lowest BCUT2D eigenvalue weighted by molar-refractivity contribution is -0.138. The standard InChI is InChI=1S/C19H21NO5.C18H20N2O3/c1-24-15-6-4-7-16(25-2)18(15)19(23)20-14-11-9-13(10-12-14)5-3-8-17(21)22;1-13-5-2-3-7-16(13)20-18(23)19-15-11-9-14(10-12-15)6-4-8-17(21)22/h4,6-7,9-12H,3,5,8H2,1-2H3,(H,20,23)(H,21,22);2-3,5,7,9-12H,4,6,8H2,1H3,(H,21,22)(H2,19,20,23). The quantitative estimate of drug-likeness (QED) is 0.0938. The normalized spacial score (nSPS) is 10.1. The maximum Gasteiger partial charge on any atom is 0.323 e. The Morgan fingerprint density at radius 2 is 1.08 bits per heavy atom. The largest absolute Gasteiger partial charge is 0.496 e. The van der Waals surface area contributed by atoms with Gasteiger partial charge in [0.05, 0.1) is 14.2 Å². The molecule has 3 amide bonds. The summed E-state index contributed by atoms with van der Waals surface area (Å²) in [6.45, 7) is 1.93. The minimum absolute atomic E-state index is 0.145. The number of carboxylic acids is 2. The van der Waals surface area contributed by atoms with Gasteiger partial charge in [-0.05, 0) is 91.8 Å². The number of carboxylic acid groups (broad SMARTS) is 2. The fourth-order valence-electron chi connectivity index (χ4n) is 4.66. The second kappa shape index (κ2) is 19.0. The third-order valence-corrected chi connectivity index (χ3v) is 7.18. The van der Waals surface area contributed by atoms with Gasteiger partial charge in [-0.2, -0.15) is 0 Å². The van der Waals surface area contributed by atoms with Crippen molar-refractivity contribution in [3.05, 3.63) is 113 Å². The van der Waals surface area contributed by atoms with E-state index in [2.05, 4.69) is 16.0 Å². The molecule has 0 aromatic heterocycles. The molecule has 0 saturated carbocycles. The Labute approximate surface area is 279 Å². The molecular formula is C37H41N3O8. The van der Waals surface area contributed by atoms with Crippen LogP contribution in [-0.4, -0.2) is 48.3 Å². The number of carbonyl (C=O) groups is 4. The van der Waals surface area contributed by atoms with E-state index >= 15 is 0 Å². The number of ether oxygens (including phenoxy) is 2. The lowest BCUT2D eigenvalue weighted by Gasteiger charge is -2.13. The van der Waals surface area contributed by atoms with Gasteiger partial charge in [-0.3, -0.25) is 14.4 Å². The number of nitrogens with one attached hydrogen (secondary N) is 3. The monoisotopic (exact) mass is 655 g/mol. The van der Waals surface area contributed by atoms with Crippen LogP contribution in [0.5, 0.6) is 11.5 Å². The van der Waals surface area contributed by atoms with Crippen LogP contribution >= 0.6 is 0 Å². The van der Waals surface area contributed by atoms with E-state index in [1.54, 1.807) is 30.3 Å². The van der Waals surface area contributed by atoms with Crippen LogP contribution in [0.1, 0.15) is 52.7 Å². The zero-order chi connectivity index (χ0) is 34.9. The van der Waals surface area contributed by atoms with Crippen LogP contribution in [0.4, 0.5) is 21.9 Å². The van der Waals surface area contributed by atoms with E-state index in [1.807, 2.05) is 67.6 Å². The lowest BCUT2D eigenvalue weighted by atomic mass is 10.1. The Kier molecular flexibility index (Phi) is 14.5. The molecule has 0 bridgehead atoms. The van der Waals surface area contributed by atoms with Gasteiger partial charge in [0.2, 0.25) is 0 Å². The molecular weight excluding hydrogens is 614 g/mol. The molecule has 0 fully saturated rings. The molecule has 4 aromatic rings. The van der Waals surface area contributed by atoms with Crippen molar-refractivity contribution in [1.82, 2.24) is 0 Å². The van der Waals surface area contributed by atoms with Crippen LogP contribution in [0.2, 0.25) is 0 Å². The molecule has 4 rings (SSSR count). The predicted molar refractivity (Wildman–Crippen MR) is 185 cm³/mol. The highest BCUT2D eigenvalue weighted by molar-refractivity contribution is 6.08. The SMILES string of the molecule is COc1cccc(OC)c1C(=O)Nc1ccc(CCCC(=O)O)cc1.Cc1ccccc1NC(=O)Nc1ccc(CCCC(=O)O)cc1. The van der Waals surface area contributed by atoms with Crippen molar-refractivity contribution in [2.75, 3.05) is 30.2 Å². The van der Waals surface area contributed by atoms with Crippen molar-refractivity contribution in [2.24, 2.45) is 0 Å². The average molecular weight is 656 g/mol. The number of aryl methyl sites for hydroxylation is 3. The van der Waals surface area contributed by atoms with Crippen LogP contribution in [-0.2, 0) is 22.4 Å². The van der Waals surface area contributed by atoms with Gasteiger partial charge in [-0.1, -0.05) is 48.5 Å². The number of para-hydroxylation sites is 1. The van der Waals surface area contributed by atoms with Crippen LogP contribution in [0.15, 0.2) is 91.0 Å². The topological polar surface area (TPSA) is 163 Å². The summed E-state index contributed by atoms with van der Waals surface area (Å²) in [5.74, 6) is -1.04. The van der Waals surface area contributed by atoms with Crippen LogP contribution in [0.25, 0.3) is 0 Å². The van der Waals surface area contributed by atoms with Crippen molar-refractivity contribution < 1.29 is 38.9 Å². The number of hydrogen-bond donors (Lipinski definition) is 5. The molecule has 48 heavy (non-hydrogen) atoms. The summed E-state index contributed by atoms with van der Waals surface area (Å²) < 4.78 is 10.5. The maximum absolute atomic E-state index is 12.6. The number of methoxy groups -OCH3 is 2. The number of benzene rings is 4. The minimum atomic E-state index is -0.797. The van der Waals surface area contributed by atoms with Crippen molar-refractivity contribution >= 4 is 40.9 Å².